The zero-order valence-corrected chi connectivity index (χ0v) is 11.5. The van der Waals surface area contributed by atoms with Gasteiger partial charge in [-0.2, -0.15) is 10.1 Å². The van der Waals surface area contributed by atoms with Gasteiger partial charge in [0.05, 0.1) is 11.9 Å². The third kappa shape index (κ3) is 4.27. The number of nitrogens with zero attached hydrogens (tertiary/aromatic N) is 4. The van der Waals surface area contributed by atoms with Gasteiger partial charge >= 0.3 is 0 Å². The van der Waals surface area contributed by atoms with E-state index in [1.807, 2.05) is 0 Å². The van der Waals surface area contributed by atoms with Gasteiger partial charge in [0.2, 0.25) is 15.3 Å². The Labute approximate surface area is 115 Å². The molecule has 0 aliphatic carbocycles. The van der Waals surface area contributed by atoms with Gasteiger partial charge in [-0.1, -0.05) is 0 Å². The highest BCUT2D eigenvalue weighted by atomic mass is 35.5. The summed E-state index contributed by atoms with van der Waals surface area (Å²) >= 11 is 5.69. The third-order valence-corrected chi connectivity index (χ3v) is 3.42. The van der Waals surface area contributed by atoms with E-state index < -0.39 is 10.0 Å². The van der Waals surface area contributed by atoms with Gasteiger partial charge in [0.15, 0.2) is 5.82 Å². The Balaban J connectivity index is 2.03. The Morgan fingerprint density at radius 3 is 2.89 bits per heavy atom. The van der Waals surface area contributed by atoms with E-state index in [1.165, 1.54) is 6.20 Å². The van der Waals surface area contributed by atoms with Crippen LogP contribution in [-0.4, -0.2) is 33.9 Å². The van der Waals surface area contributed by atoms with Gasteiger partial charge in [0.1, 0.15) is 0 Å². The van der Waals surface area contributed by atoms with Crippen LogP contribution in [0.3, 0.4) is 0 Å². The molecule has 0 saturated carbocycles. The van der Waals surface area contributed by atoms with Gasteiger partial charge in [0.25, 0.3) is 0 Å². The maximum Gasteiger partial charge on any atom is 0.224 e. The second-order valence-electron chi connectivity index (χ2n) is 3.95. The molecular weight excluding hydrogens is 290 g/mol. The lowest BCUT2D eigenvalue weighted by atomic mass is 10.2. The fourth-order valence-corrected chi connectivity index (χ4v) is 2.24. The summed E-state index contributed by atoms with van der Waals surface area (Å²) in [6, 6.07) is 1.67. The minimum atomic E-state index is -3.41. The molecule has 7 nitrogen and oxygen atoms in total. The highest BCUT2D eigenvalue weighted by molar-refractivity contribution is 7.89. The van der Waals surface area contributed by atoms with Gasteiger partial charge in [-0.25, -0.2) is 23.2 Å². The number of nitrogens with two attached hydrogens (primary N) is 1. The van der Waals surface area contributed by atoms with E-state index in [-0.39, 0.29) is 11.0 Å². The third-order valence-electron chi connectivity index (χ3n) is 2.38. The molecule has 0 aliphatic heterocycles. The van der Waals surface area contributed by atoms with Crippen LogP contribution in [0.2, 0.25) is 5.28 Å². The van der Waals surface area contributed by atoms with Crippen molar-refractivity contribution in [2.24, 2.45) is 5.14 Å². The quantitative estimate of drug-likeness (QED) is 0.812. The van der Waals surface area contributed by atoms with Crippen LogP contribution in [0.15, 0.2) is 24.7 Å². The maximum atomic E-state index is 10.8. The van der Waals surface area contributed by atoms with E-state index >= 15 is 0 Å². The summed E-state index contributed by atoms with van der Waals surface area (Å²) in [6.45, 7) is 0. The van der Waals surface area contributed by atoms with Crippen molar-refractivity contribution in [1.82, 2.24) is 19.7 Å². The largest absolute Gasteiger partial charge is 0.229 e. The zero-order chi connectivity index (χ0) is 13.9. The average Bonchev–Trinajstić information content (AvgIpc) is 2.76. The molecule has 0 amide bonds. The number of aryl methyl sites for hydroxylation is 1. The molecule has 2 rings (SSSR count). The molecule has 0 fully saturated rings. The van der Waals surface area contributed by atoms with Crippen molar-refractivity contribution in [1.29, 1.82) is 0 Å². The number of hydrogen-bond acceptors (Lipinski definition) is 5. The Morgan fingerprint density at radius 1 is 1.42 bits per heavy atom. The van der Waals surface area contributed by atoms with Crippen LogP contribution in [-0.2, 0) is 16.4 Å². The molecule has 0 unspecified atom stereocenters. The first kappa shape index (κ1) is 13.9. The summed E-state index contributed by atoms with van der Waals surface area (Å²) in [5, 5.41) is 9.20. The first-order valence-electron chi connectivity index (χ1n) is 5.47. The highest BCUT2D eigenvalue weighted by Gasteiger charge is 2.06. The molecule has 0 bridgehead atoms. The van der Waals surface area contributed by atoms with Crippen molar-refractivity contribution < 1.29 is 8.42 Å². The van der Waals surface area contributed by atoms with E-state index in [4.69, 9.17) is 16.7 Å². The fourth-order valence-electron chi connectivity index (χ4n) is 1.55. The summed E-state index contributed by atoms with van der Waals surface area (Å²) in [5.41, 5.74) is 0.901. The number of sulfonamides is 1. The van der Waals surface area contributed by atoms with E-state index in [0.717, 1.165) is 5.56 Å². The molecule has 0 spiro atoms. The molecule has 102 valence electrons. The van der Waals surface area contributed by atoms with Crippen molar-refractivity contribution >= 4 is 21.6 Å². The van der Waals surface area contributed by atoms with Crippen LogP contribution in [0, 0.1) is 0 Å². The smallest absolute Gasteiger partial charge is 0.224 e. The predicted octanol–water partition coefficient (Wildman–Crippen LogP) is 0.537. The van der Waals surface area contributed by atoms with Gasteiger partial charge in [0, 0.05) is 18.5 Å². The second kappa shape index (κ2) is 5.64. The van der Waals surface area contributed by atoms with Gasteiger partial charge in [-0.3, -0.25) is 0 Å². The molecule has 2 heterocycles. The highest BCUT2D eigenvalue weighted by Crippen LogP contribution is 2.09. The van der Waals surface area contributed by atoms with Crippen LogP contribution in [0.1, 0.15) is 12.0 Å². The standard InChI is InChI=1S/C10H12ClN5O2S/c11-10-13-4-3-9(15-10)16-7-8(6-14-16)2-1-5-19(12,17)18/h3-4,6-7H,1-2,5H2,(H2,12,17,18). The van der Waals surface area contributed by atoms with Crippen molar-refractivity contribution in [2.75, 3.05) is 5.75 Å². The van der Waals surface area contributed by atoms with E-state index in [2.05, 4.69) is 15.1 Å². The monoisotopic (exact) mass is 301 g/mol. The lowest BCUT2D eigenvalue weighted by molar-refractivity contribution is 0.595. The first-order valence-corrected chi connectivity index (χ1v) is 7.56. The van der Waals surface area contributed by atoms with Crippen molar-refractivity contribution in [3.05, 3.63) is 35.5 Å². The number of aromatic nitrogens is 4. The lowest BCUT2D eigenvalue weighted by Gasteiger charge is -1.99. The summed E-state index contributed by atoms with van der Waals surface area (Å²) in [4.78, 5) is 7.80. The van der Waals surface area contributed by atoms with Crippen LogP contribution >= 0.6 is 11.6 Å². The van der Waals surface area contributed by atoms with Gasteiger partial charge in [-0.05, 0) is 30.0 Å². The average molecular weight is 302 g/mol. The Hall–Kier alpha value is -1.51. The minimum Gasteiger partial charge on any atom is -0.229 e. The van der Waals surface area contributed by atoms with Crippen molar-refractivity contribution in [2.45, 2.75) is 12.8 Å². The van der Waals surface area contributed by atoms with Crippen LogP contribution < -0.4 is 5.14 Å². The van der Waals surface area contributed by atoms with Crippen LogP contribution in [0.4, 0.5) is 0 Å². The molecule has 0 aliphatic rings. The molecule has 0 saturated heterocycles. The second-order valence-corrected chi connectivity index (χ2v) is 6.02. The Morgan fingerprint density at radius 2 is 2.21 bits per heavy atom. The Bertz CT molecular complexity index is 670. The molecule has 0 radical (unpaired) electrons. The van der Waals surface area contributed by atoms with Crippen LogP contribution in [0.5, 0.6) is 0 Å². The van der Waals surface area contributed by atoms with E-state index in [1.54, 1.807) is 23.1 Å². The van der Waals surface area contributed by atoms with E-state index in [0.29, 0.717) is 18.7 Å². The van der Waals surface area contributed by atoms with Crippen molar-refractivity contribution in [3.63, 3.8) is 0 Å². The number of halogens is 1. The summed E-state index contributed by atoms with van der Waals surface area (Å²) in [6.07, 6.45) is 5.98. The molecule has 2 aromatic rings. The predicted molar refractivity (Wildman–Crippen MR) is 70.5 cm³/mol. The topological polar surface area (TPSA) is 104 Å². The summed E-state index contributed by atoms with van der Waals surface area (Å²) in [5.74, 6) is 0.509. The summed E-state index contributed by atoms with van der Waals surface area (Å²) < 4.78 is 23.2. The van der Waals surface area contributed by atoms with E-state index in [9.17, 15) is 8.42 Å². The molecular formula is C10H12ClN5O2S. The first-order chi connectivity index (χ1) is 8.94. The SMILES string of the molecule is NS(=O)(=O)CCCc1cnn(-c2ccnc(Cl)n2)c1. The molecule has 0 atom stereocenters. The molecule has 9 heteroatoms. The van der Waals surface area contributed by atoms with Gasteiger partial charge < -0.3 is 0 Å². The number of rotatable bonds is 5. The summed E-state index contributed by atoms with van der Waals surface area (Å²) in [7, 11) is -3.41. The lowest BCUT2D eigenvalue weighted by Crippen LogP contribution is -2.16. The fraction of sp³-hybridized carbons (Fsp3) is 0.300. The Kier molecular flexibility index (Phi) is 4.13. The normalized spacial score (nSPS) is 11.7. The van der Waals surface area contributed by atoms with Crippen molar-refractivity contribution in [3.8, 4) is 5.82 Å². The maximum absolute atomic E-state index is 10.8. The molecule has 0 aromatic carbocycles. The minimum absolute atomic E-state index is 0.0441. The van der Waals surface area contributed by atoms with Crippen LogP contribution in [0.25, 0.3) is 5.82 Å². The van der Waals surface area contributed by atoms with Gasteiger partial charge in [-0.15, -0.1) is 0 Å². The zero-order valence-electron chi connectivity index (χ0n) is 9.90. The molecule has 2 N–H and O–H groups in total. The molecule has 19 heavy (non-hydrogen) atoms. The molecule has 2 aromatic heterocycles. The number of primary sulfonamides is 1. The number of hydrogen-bond donors (Lipinski definition) is 1.